The van der Waals surface area contributed by atoms with Crippen molar-refractivity contribution in [2.24, 2.45) is 5.73 Å². The fourth-order valence-corrected chi connectivity index (χ4v) is 2.05. The molecule has 0 saturated carbocycles. The lowest BCUT2D eigenvalue weighted by atomic mass is 10.1. The zero-order valence-corrected chi connectivity index (χ0v) is 9.04. The van der Waals surface area contributed by atoms with E-state index in [1.807, 2.05) is 29.6 Å². The summed E-state index contributed by atoms with van der Waals surface area (Å²) in [5.41, 5.74) is 7.59. The third kappa shape index (κ3) is 1.40. The SMILES string of the molecule is Cc1ccc2nnc(C3C=CC(N)C3)n2n1. The minimum absolute atomic E-state index is 0.127. The molecule has 1 aliphatic carbocycles. The van der Waals surface area contributed by atoms with E-state index in [1.165, 1.54) is 0 Å². The average molecular weight is 215 g/mol. The number of allylic oxidation sites excluding steroid dienone is 1. The first-order valence-electron chi connectivity index (χ1n) is 5.37. The Morgan fingerprint density at radius 2 is 2.19 bits per heavy atom. The number of nitrogens with zero attached hydrogens (tertiary/aromatic N) is 4. The van der Waals surface area contributed by atoms with Crippen LogP contribution in [0.4, 0.5) is 0 Å². The number of rotatable bonds is 1. The standard InChI is InChI=1S/C11H13N5/c1-7-2-5-10-13-14-11(16(10)15-7)8-3-4-9(12)6-8/h2-5,8-9H,6,12H2,1H3. The van der Waals surface area contributed by atoms with Crippen LogP contribution in [-0.4, -0.2) is 25.9 Å². The zero-order chi connectivity index (χ0) is 11.1. The Hall–Kier alpha value is -1.75. The number of aryl methyl sites for hydroxylation is 1. The lowest BCUT2D eigenvalue weighted by Crippen LogP contribution is -2.15. The molecule has 16 heavy (non-hydrogen) atoms. The minimum Gasteiger partial charge on any atom is -0.324 e. The van der Waals surface area contributed by atoms with Gasteiger partial charge in [0.1, 0.15) is 0 Å². The number of hydrogen-bond donors (Lipinski definition) is 1. The fraction of sp³-hybridized carbons (Fsp3) is 0.364. The molecule has 5 nitrogen and oxygen atoms in total. The molecule has 0 spiro atoms. The molecule has 2 unspecified atom stereocenters. The topological polar surface area (TPSA) is 69.1 Å². The quantitative estimate of drug-likeness (QED) is 0.714. The highest BCUT2D eigenvalue weighted by Gasteiger charge is 2.22. The lowest BCUT2D eigenvalue weighted by molar-refractivity contribution is 0.652. The van der Waals surface area contributed by atoms with Gasteiger partial charge in [-0.05, 0) is 25.5 Å². The van der Waals surface area contributed by atoms with Gasteiger partial charge in [-0.3, -0.25) is 0 Å². The molecule has 2 atom stereocenters. The molecule has 0 bridgehead atoms. The van der Waals surface area contributed by atoms with Crippen LogP contribution in [0, 0.1) is 6.92 Å². The van der Waals surface area contributed by atoms with Crippen molar-refractivity contribution < 1.29 is 0 Å². The Morgan fingerprint density at radius 1 is 1.31 bits per heavy atom. The minimum atomic E-state index is 0.127. The van der Waals surface area contributed by atoms with Crippen LogP contribution in [0.3, 0.4) is 0 Å². The number of hydrogen-bond acceptors (Lipinski definition) is 4. The van der Waals surface area contributed by atoms with Gasteiger partial charge in [0, 0.05) is 12.0 Å². The van der Waals surface area contributed by atoms with Crippen LogP contribution in [0.5, 0.6) is 0 Å². The van der Waals surface area contributed by atoms with Crippen molar-refractivity contribution in [3.8, 4) is 0 Å². The van der Waals surface area contributed by atoms with Gasteiger partial charge in [-0.15, -0.1) is 10.2 Å². The van der Waals surface area contributed by atoms with E-state index >= 15 is 0 Å². The molecule has 2 N–H and O–H groups in total. The Morgan fingerprint density at radius 3 is 2.94 bits per heavy atom. The Balaban J connectivity index is 2.10. The molecule has 3 rings (SSSR count). The summed E-state index contributed by atoms with van der Waals surface area (Å²) in [5.74, 6) is 1.11. The second kappa shape index (κ2) is 3.38. The van der Waals surface area contributed by atoms with Gasteiger partial charge >= 0.3 is 0 Å². The van der Waals surface area contributed by atoms with Crippen LogP contribution >= 0.6 is 0 Å². The second-order valence-electron chi connectivity index (χ2n) is 4.19. The summed E-state index contributed by atoms with van der Waals surface area (Å²) in [6.45, 7) is 1.96. The summed E-state index contributed by atoms with van der Waals surface area (Å²) in [5, 5.41) is 12.7. The molecule has 0 amide bonds. The summed E-state index contributed by atoms with van der Waals surface area (Å²) in [6.07, 6.45) is 4.99. The van der Waals surface area contributed by atoms with Crippen LogP contribution < -0.4 is 5.73 Å². The van der Waals surface area contributed by atoms with Crippen molar-refractivity contribution in [3.05, 3.63) is 35.8 Å². The molecule has 5 heteroatoms. The lowest BCUT2D eigenvalue weighted by Gasteiger charge is -2.06. The Labute approximate surface area is 93.0 Å². The van der Waals surface area contributed by atoms with Crippen LogP contribution in [0.25, 0.3) is 5.65 Å². The van der Waals surface area contributed by atoms with Gasteiger partial charge in [0.15, 0.2) is 11.5 Å². The summed E-state index contributed by atoms with van der Waals surface area (Å²) < 4.78 is 1.81. The number of nitrogens with two attached hydrogens (primary N) is 1. The maximum absolute atomic E-state index is 5.84. The van der Waals surface area contributed by atoms with Crippen LogP contribution in [0.1, 0.15) is 23.9 Å². The van der Waals surface area contributed by atoms with Crippen LogP contribution in [-0.2, 0) is 0 Å². The van der Waals surface area contributed by atoms with Gasteiger partial charge in [0.25, 0.3) is 0 Å². The number of aromatic nitrogens is 4. The largest absolute Gasteiger partial charge is 0.324 e. The third-order valence-corrected chi connectivity index (χ3v) is 2.87. The molecular weight excluding hydrogens is 202 g/mol. The molecule has 82 valence electrons. The molecule has 0 radical (unpaired) electrons. The summed E-state index contributed by atoms with van der Waals surface area (Å²) in [7, 11) is 0. The summed E-state index contributed by atoms with van der Waals surface area (Å²) >= 11 is 0. The second-order valence-corrected chi connectivity index (χ2v) is 4.19. The predicted octanol–water partition coefficient (Wildman–Crippen LogP) is 0.804. The zero-order valence-electron chi connectivity index (χ0n) is 9.04. The van der Waals surface area contributed by atoms with Gasteiger partial charge in [-0.2, -0.15) is 9.61 Å². The predicted molar refractivity (Wildman–Crippen MR) is 60.0 cm³/mol. The maximum atomic E-state index is 5.84. The van der Waals surface area contributed by atoms with E-state index in [1.54, 1.807) is 0 Å². The van der Waals surface area contributed by atoms with E-state index in [4.69, 9.17) is 5.73 Å². The molecule has 0 aliphatic heterocycles. The molecule has 2 heterocycles. The van der Waals surface area contributed by atoms with Crippen molar-refractivity contribution in [1.82, 2.24) is 19.8 Å². The van der Waals surface area contributed by atoms with Crippen LogP contribution in [0.15, 0.2) is 24.3 Å². The van der Waals surface area contributed by atoms with Crippen molar-refractivity contribution in [2.75, 3.05) is 0 Å². The van der Waals surface area contributed by atoms with Crippen molar-refractivity contribution in [2.45, 2.75) is 25.3 Å². The molecular formula is C11H13N5. The van der Waals surface area contributed by atoms with Crippen LogP contribution in [0.2, 0.25) is 0 Å². The van der Waals surface area contributed by atoms with Crippen molar-refractivity contribution in [1.29, 1.82) is 0 Å². The molecule has 2 aromatic rings. The molecule has 2 aromatic heterocycles. The van der Waals surface area contributed by atoms with Gasteiger partial charge < -0.3 is 5.73 Å². The fourth-order valence-electron chi connectivity index (χ4n) is 2.05. The first-order chi connectivity index (χ1) is 7.74. The molecule has 0 aromatic carbocycles. The first kappa shape index (κ1) is 9.47. The van der Waals surface area contributed by atoms with Crippen molar-refractivity contribution >= 4 is 5.65 Å². The summed E-state index contributed by atoms with van der Waals surface area (Å²) in [4.78, 5) is 0. The van der Waals surface area contributed by atoms with E-state index in [9.17, 15) is 0 Å². The van der Waals surface area contributed by atoms with E-state index in [2.05, 4.69) is 21.4 Å². The van der Waals surface area contributed by atoms with E-state index < -0.39 is 0 Å². The third-order valence-electron chi connectivity index (χ3n) is 2.87. The Bertz CT molecular complexity index is 557. The normalized spacial score (nSPS) is 24.4. The monoisotopic (exact) mass is 215 g/mol. The average Bonchev–Trinajstić information content (AvgIpc) is 2.83. The molecule has 0 fully saturated rings. The van der Waals surface area contributed by atoms with Gasteiger partial charge in [-0.1, -0.05) is 12.2 Å². The smallest absolute Gasteiger partial charge is 0.177 e. The van der Waals surface area contributed by atoms with Gasteiger partial charge in [-0.25, -0.2) is 0 Å². The van der Waals surface area contributed by atoms with Gasteiger partial charge in [0.2, 0.25) is 0 Å². The highest BCUT2D eigenvalue weighted by Crippen LogP contribution is 2.26. The van der Waals surface area contributed by atoms with E-state index in [-0.39, 0.29) is 12.0 Å². The molecule has 0 saturated heterocycles. The molecule has 1 aliphatic rings. The maximum Gasteiger partial charge on any atom is 0.177 e. The van der Waals surface area contributed by atoms with Crippen molar-refractivity contribution in [3.63, 3.8) is 0 Å². The highest BCUT2D eigenvalue weighted by atomic mass is 15.4. The van der Waals surface area contributed by atoms with E-state index in [0.29, 0.717) is 0 Å². The van der Waals surface area contributed by atoms with E-state index in [0.717, 1.165) is 23.6 Å². The number of fused-ring (bicyclic) bond motifs is 1. The highest BCUT2D eigenvalue weighted by molar-refractivity contribution is 5.37. The Kier molecular flexibility index (Phi) is 2.00. The summed E-state index contributed by atoms with van der Waals surface area (Å²) in [6, 6.07) is 3.99. The first-order valence-corrected chi connectivity index (χ1v) is 5.37. The van der Waals surface area contributed by atoms with Gasteiger partial charge in [0.05, 0.1) is 5.69 Å².